The van der Waals surface area contributed by atoms with E-state index < -0.39 is 6.10 Å². The lowest BCUT2D eigenvalue weighted by Crippen LogP contribution is -2.52. The topological polar surface area (TPSA) is 45.7 Å². The smallest absolute Gasteiger partial charge is 0.263 e. The second-order valence-electron chi connectivity index (χ2n) is 5.70. The zero-order valence-electron chi connectivity index (χ0n) is 13.4. The number of hydrogen-bond donors (Lipinski definition) is 0. The van der Waals surface area contributed by atoms with Crippen LogP contribution in [-0.2, 0) is 4.79 Å². The normalized spacial score (nSPS) is 16.3. The van der Waals surface area contributed by atoms with Crippen LogP contribution in [0.4, 0.5) is 5.13 Å². The van der Waals surface area contributed by atoms with Crippen molar-refractivity contribution in [3.63, 3.8) is 0 Å². The van der Waals surface area contributed by atoms with Gasteiger partial charge in [0.25, 0.3) is 5.91 Å². The Labute approximate surface area is 140 Å². The highest BCUT2D eigenvalue weighted by Crippen LogP contribution is 2.20. The number of carbonyl (C=O) groups excluding carboxylic acids is 1. The molecule has 0 radical (unpaired) electrons. The lowest BCUT2D eigenvalue weighted by Gasteiger charge is -2.35. The van der Waals surface area contributed by atoms with Crippen LogP contribution >= 0.6 is 11.3 Å². The van der Waals surface area contributed by atoms with E-state index in [0.29, 0.717) is 13.1 Å². The molecule has 2 heterocycles. The van der Waals surface area contributed by atoms with E-state index in [1.807, 2.05) is 54.6 Å². The Morgan fingerprint density at radius 1 is 1.30 bits per heavy atom. The largest absolute Gasteiger partial charge is 0.481 e. The number of aromatic nitrogens is 1. The summed E-state index contributed by atoms with van der Waals surface area (Å²) in [4.78, 5) is 21.0. The Hall–Kier alpha value is -2.08. The van der Waals surface area contributed by atoms with E-state index in [0.717, 1.165) is 29.5 Å². The third-order valence-corrected chi connectivity index (χ3v) is 4.76. The highest BCUT2D eigenvalue weighted by molar-refractivity contribution is 7.13. The summed E-state index contributed by atoms with van der Waals surface area (Å²) in [6.45, 7) is 6.88. The molecule has 0 saturated carbocycles. The maximum absolute atomic E-state index is 12.5. The van der Waals surface area contributed by atoms with Gasteiger partial charge >= 0.3 is 0 Å². The van der Waals surface area contributed by atoms with Crippen LogP contribution in [0.2, 0.25) is 0 Å². The Morgan fingerprint density at radius 3 is 2.74 bits per heavy atom. The lowest BCUT2D eigenvalue weighted by molar-refractivity contribution is -0.138. The average molecular weight is 331 g/mol. The van der Waals surface area contributed by atoms with Gasteiger partial charge in [-0.2, -0.15) is 0 Å². The van der Waals surface area contributed by atoms with Gasteiger partial charge in [-0.05, 0) is 31.5 Å². The van der Waals surface area contributed by atoms with Crippen LogP contribution in [0.5, 0.6) is 5.75 Å². The average Bonchev–Trinajstić information content (AvgIpc) is 3.09. The quantitative estimate of drug-likeness (QED) is 0.864. The maximum Gasteiger partial charge on any atom is 0.263 e. The highest BCUT2D eigenvalue weighted by atomic mass is 32.1. The molecule has 1 atom stereocenters. The number of benzene rings is 1. The first-order valence-corrected chi connectivity index (χ1v) is 8.68. The molecule has 5 nitrogen and oxygen atoms in total. The maximum atomic E-state index is 12.5. The summed E-state index contributed by atoms with van der Waals surface area (Å²) in [5.74, 6) is 0.789. The van der Waals surface area contributed by atoms with Gasteiger partial charge in [0.05, 0.1) is 0 Å². The number of amides is 1. The second kappa shape index (κ2) is 7.00. The summed E-state index contributed by atoms with van der Waals surface area (Å²) in [6.07, 6.45) is 1.35. The molecule has 2 aromatic rings. The van der Waals surface area contributed by atoms with Gasteiger partial charge in [-0.3, -0.25) is 4.79 Å². The minimum atomic E-state index is -0.469. The summed E-state index contributed by atoms with van der Waals surface area (Å²) < 4.78 is 5.79. The molecule has 1 aliphatic rings. The summed E-state index contributed by atoms with van der Waals surface area (Å²) in [5, 5.41) is 3.01. The molecule has 1 fully saturated rings. The molecule has 1 unspecified atom stereocenters. The van der Waals surface area contributed by atoms with Crippen LogP contribution in [0.3, 0.4) is 0 Å². The van der Waals surface area contributed by atoms with Crippen molar-refractivity contribution in [2.24, 2.45) is 0 Å². The van der Waals surface area contributed by atoms with Crippen LogP contribution in [-0.4, -0.2) is 48.1 Å². The zero-order chi connectivity index (χ0) is 16.2. The molecule has 0 aliphatic carbocycles. The summed E-state index contributed by atoms with van der Waals surface area (Å²) in [5.41, 5.74) is 1.12. The fourth-order valence-electron chi connectivity index (χ4n) is 2.69. The Kier molecular flexibility index (Phi) is 4.81. The van der Waals surface area contributed by atoms with Crippen molar-refractivity contribution in [3.8, 4) is 5.75 Å². The van der Waals surface area contributed by atoms with Gasteiger partial charge in [0.15, 0.2) is 11.2 Å². The Balaban J connectivity index is 1.54. The number of anilines is 1. The third kappa shape index (κ3) is 3.82. The number of carbonyl (C=O) groups is 1. The summed E-state index contributed by atoms with van der Waals surface area (Å²) in [6, 6.07) is 7.78. The van der Waals surface area contributed by atoms with E-state index in [9.17, 15) is 4.79 Å². The molecule has 0 N–H and O–H groups in total. The highest BCUT2D eigenvalue weighted by Gasteiger charge is 2.26. The minimum Gasteiger partial charge on any atom is -0.481 e. The van der Waals surface area contributed by atoms with E-state index in [1.54, 1.807) is 11.3 Å². The van der Waals surface area contributed by atoms with Crippen LogP contribution in [0, 0.1) is 6.92 Å². The Bertz CT molecular complexity index is 652. The molecule has 6 heteroatoms. The van der Waals surface area contributed by atoms with Crippen LogP contribution < -0.4 is 9.64 Å². The molecule has 3 rings (SSSR count). The molecule has 1 aliphatic heterocycles. The van der Waals surface area contributed by atoms with E-state index in [-0.39, 0.29) is 5.91 Å². The molecule has 1 saturated heterocycles. The first-order valence-electron chi connectivity index (χ1n) is 7.80. The van der Waals surface area contributed by atoms with Crippen molar-refractivity contribution >= 4 is 22.4 Å². The molecular weight excluding hydrogens is 310 g/mol. The first kappa shape index (κ1) is 15.8. The fraction of sp³-hybridized carbons (Fsp3) is 0.412. The second-order valence-corrected chi connectivity index (χ2v) is 6.58. The Morgan fingerprint density at radius 2 is 2.09 bits per heavy atom. The van der Waals surface area contributed by atoms with Gasteiger partial charge in [-0.1, -0.05) is 12.1 Å². The number of hydrogen-bond acceptors (Lipinski definition) is 5. The number of piperazine rings is 1. The molecule has 0 bridgehead atoms. The van der Waals surface area contributed by atoms with Crippen LogP contribution in [0.25, 0.3) is 0 Å². The van der Waals surface area contributed by atoms with E-state index in [2.05, 4.69) is 9.88 Å². The monoisotopic (exact) mass is 331 g/mol. The van der Waals surface area contributed by atoms with Crippen molar-refractivity contribution in [3.05, 3.63) is 41.4 Å². The molecule has 23 heavy (non-hydrogen) atoms. The fourth-order valence-corrected chi connectivity index (χ4v) is 3.39. The number of nitrogens with zero attached hydrogens (tertiary/aromatic N) is 3. The summed E-state index contributed by atoms with van der Waals surface area (Å²) in [7, 11) is 0. The lowest BCUT2D eigenvalue weighted by atomic mass is 10.2. The molecule has 1 aromatic carbocycles. The number of ether oxygens (including phenoxy) is 1. The first-order chi connectivity index (χ1) is 11.1. The molecule has 1 aromatic heterocycles. The number of thiazole rings is 1. The number of aryl methyl sites for hydroxylation is 1. The molecule has 0 spiro atoms. The zero-order valence-corrected chi connectivity index (χ0v) is 14.3. The van der Waals surface area contributed by atoms with Crippen molar-refractivity contribution < 1.29 is 9.53 Å². The van der Waals surface area contributed by atoms with Crippen molar-refractivity contribution in [2.45, 2.75) is 20.0 Å². The SMILES string of the molecule is Cc1cccc(OC(C)C(=O)N2CCN(c3nccs3)CC2)c1. The van der Waals surface area contributed by atoms with Gasteiger partial charge < -0.3 is 14.5 Å². The van der Waals surface area contributed by atoms with Crippen LogP contribution in [0.1, 0.15) is 12.5 Å². The predicted octanol–water partition coefficient (Wildman–Crippen LogP) is 2.57. The van der Waals surface area contributed by atoms with Gasteiger partial charge in [-0.25, -0.2) is 4.98 Å². The minimum absolute atomic E-state index is 0.0466. The standard InChI is InChI=1S/C17H21N3O2S/c1-13-4-3-5-15(12-13)22-14(2)16(21)19-7-9-20(10-8-19)17-18-6-11-23-17/h3-6,11-12,14H,7-10H2,1-2H3. The third-order valence-electron chi connectivity index (χ3n) is 3.93. The van der Waals surface area contributed by atoms with Crippen molar-refractivity contribution in [1.82, 2.24) is 9.88 Å². The van der Waals surface area contributed by atoms with Gasteiger partial charge in [0, 0.05) is 37.8 Å². The van der Waals surface area contributed by atoms with E-state index in [1.165, 1.54) is 0 Å². The van der Waals surface area contributed by atoms with E-state index >= 15 is 0 Å². The molecule has 1 amide bonds. The summed E-state index contributed by atoms with van der Waals surface area (Å²) >= 11 is 1.64. The van der Waals surface area contributed by atoms with E-state index in [4.69, 9.17) is 4.74 Å². The van der Waals surface area contributed by atoms with Crippen molar-refractivity contribution in [1.29, 1.82) is 0 Å². The van der Waals surface area contributed by atoms with Crippen LogP contribution in [0.15, 0.2) is 35.8 Å². The van der Waals surface area contributed by atoms with Crippen molar-refractivity contribution in [2.75, 3.05) is 31.1 Å². The molecular formula is C17H21N3O2S. The predicted molar refractivity (Wildman–Crippen MR) is 92.2 cm³/mol. The molecule has 122 valence electrons. The van der Waals surface area contributed by atoms with Gasteiger partial charge in [0.2, 0.25) is 0 Å². The number of rotatable bonds is 4. The van der Waals surface area contributed by atoms with Gasteiger partial charge in [0.1, 0.15) is 5.75 Å². The van der Waals surface area contributed by atoms with Gasteiger partial charge in [-0.15, -0.1) is 11.3 Å².